The molecule has 0 saturated heterocycles. The maximum Gasteiger partial charge on any atom is 0.136 e. The molecule has 106 valence electrons. The number of nitrogens with zero attached hydrogens (tertiary/aromatic N) is 2. The molecular formula is C18H19N3. The number of nitrogens with two attached hydrogens (primary N) is 1. The highest BCUT2D eigenvalue weighted by molar-refractivity contribution is 5.92. The Hall–Kier alpha value is -2.39. The largest absolute Gasteiger partial charge is 0.351 e. The molecule has 21 heavy (non-hydrogen) atoms. The first kappa shape index (κ1) is 13.6. The van der Waals surface area contributed by atoms with Crippen LogP contribution < -0.4 is 10.6 Å². The molecule has 3 heteroatoms. The zero-order chi connectivity index (χ0) is 14.5. The summed E-state index contributed by atoms with van der Waals surface area (Å²) in [6, 6.07) is 20.8. The van der Waals surface area contributed by atoms with Gasteiger partial charge >= 0.3 is 0 Å². The zero-order valence-corrected chi connectivity index (χ0v) is 11.9. The Balaban J connectivity index is 1.99. The first-order valence-corrected chi connectivity index (χ1v) is 7.21. The topological polar surface area (TPSA) is 42.1 Å². The van der Waals surface area contributed by atoms with E-state index < -0.39 is 0 Å². The van der Waals surface area contributed by atoms with Crippen molar-refractivity contribution in [2.24, 2.45) is 5.73 Å². The second-order valence-electron chi connectivity index (χ2n) is 5.05. The van der Waals surface area contributed by atoms with E-state index in [1.54, 1.807) is 0 Å². The van der Waals surface area contributed by atoms with Crippen molar-refractivity contribution in [3.63, 3.8) is 0 Å². The molecular weight excluding hydrogens is 258 g/mol. The zero-order valence-electron chi connectivity index (χ0n) is 11.9. The molecule has 1 aromatic heterocycles. The summed E-state index contributed by atoms with van der Waals surface area (Å²) >= 11 is 0. The minimum absolute atomic E-state index is 0.609. The predicted octanol–water partition coefficient (Wildman–Crippen LogP) is 3.20. The molecule has 0 atom stereocenters. The molecule has 2 aromatic carbocycles. The van der Waals surface area contributed by atoms with Gasteiger partial charge in [-0.3, -0.25) is 0 Å². The predicted molar refractivity (Wildman–Crippen MR) is 88.3 cm³/mol. The van der Waals surface area contributed by atoms with Crippen LogP contribution in [0, 0.1) is 0 Å². The SMILES string of the molecule is NCCN(Cc1ccccc1)c1nccc2ccccc12. The van der Waals surface area contributed by atoms with Gasteiger partial charge in [0.25, 0.3) is 0 Å². The van der Waals surface area contributed by atoms with Crippen LogP contribution in [0.25, 0.3) is 10.8 Å². The van der Waals surface area contributed by atoms with Gasteiger partial charge in [-0.05, 0) is 17.0 Å². The second-order valence-corrected chi connectivity index (χ2v) is 5.05. The molecule has 3 nitrogen and oxygen atoms in total. The van der Waals surface area contributed by atoms with Gasteiger partial charge in [-0.15, -0.1) is 0 Å². The van der Waals surface area contributed by atoms with Crippen molar-refractivity contribution in [2.75, 3.05) is 18.0 Å². The van der Waals surface area contributed by atoms with Crippen molar-refractivity contribution in [2.45, 2.75) is 6.54 Å². The molecule has 3 aromatic rings. The van der Waals surface area contributed by atoms with Crippen LogP contribution in [0.3, 0.4) is 0 Å². The Morgan fingerprint density at radius 2 is 1.67 bits per heavy atom. The molecule has 3 rings (SSSR count). The van der Waals surface area contributed by atoms with Crippen LogP contribution in [0.4, 0.5) is 5.82 Å². The van der Waals surface area contributed by atoms with Gasteiger partial charge in [0.05, 0.1) is 0 Å². The minimum atomic E-state index is 0.609. The fourth-order valence-corrected chi connectivity index (χ4v) is 2.58. The van der Waals surface area contributed by atoms with Crippen molar-refractivity contribution in [3.05, 3.63) is 72.4 Å². The van der Waals surface area contributed by atoms with Gasteiger partial charge in [0, 0.05) is 31.2 Å². The molecule has 0 amide bonds. The average Bonchev–Trinajstić information content (AvgIpc) is 2.55. The molecule has 0 aliphatic carbocycles. The highest BCUT2D eigenvalue weighted by Gasteiger charge is 2.11. The molecule has 0 radical (unpaired) electrons. The van der Waals surface area contributed by atoms with E-state index in [1.165, 1.54) is 16.3 Å². The van der Waals surface area contributed by atoms with Crippen molar-refractivity contribution in [1.29, 1.82) is 0 Å². The summed E-state index contributed by atoms with van der Waals surface area (Å²) < 4.78 is 0. The van der Waals surface area contributed by atoms with Crippen LogP contribution in [0.5, 0.6) is 0 Å². The summed E-state index contributed by atoms with van der Waals surface area (Å²) in [5, 5.41) is 2.38. The van der Waals surface area contributed by atoms with Crippen molar-refractivity contribution in [3.8, 4) is 0 Å². The van der Waals surface area contributed by atoms with Crippen LogP contribution in [-0.2, 0) is 6.54 Å². The first-order valence-electron chi connectivity index (χ1n) is 7.21. The first-order chi connectivity index (χ1) is 10.4. The molecule has 0 aliphatic rings. The lowest BCUT2D eigenvalue weighted by molar-refractivity contribution is 0.780. The third-order valence-electron chi connectivity index (χ3n) is 3.57. The monoisotopic (exact) mass is 277 g/mol. The Morgan fingerprint density at radius 1 is 0.905 bits per heavy atom. The molecule has 1 heterocycles. The Labute approximate surface area is 125 Å². The number of anilines is 1. The lowest BCUT2D eigenvalue weighted by Gasteiger charge is -2.24. The third-order valence-corrected chi connectivity index (χ3v) is 3.57. The van der Waals surface area contributed by atoms with Crippen molar-refractivity contribution < 1.29 is 0 Å². The van der Waals surface area contributed by atoms with E-state index in [1.807, 2.05) is 18.3 Å². The summed E-state index contributed by atoms with van der Waals surface area (Å²) in [6.45, 7) is 2.21. The second kappa shape index (κ2) is 6.37. The molecule has 0 aliphatic heterocycles. The van der Waals surface area contributed by atoms with Gasteiger partial charge < -0.3 is 10.6 Å². The number of rotatable bonds is 5. The van der Waals surface area contributed by atoms with E-state index in [9.17, 15) is 0 Å². The lowest BCUT2D eigenvalue weighted by Crippen LogP contribution is -2.29. The summed E-state index contributed by atoms with van der Waals surface area (Å²) in [6.07, 6.45) is 1.87. The highest BCUT2D eigenvalue weighted by Crippen LogP contribution is 2.25. The average molecular weight is 277 g/mol. The van der Waals surface area contributed by atoms with Crippen LogP contribution in [0.2, 0.25) is 0 Å². The quantitative estimate of drug-likeness (QED) is 0.778. The molecule has 0 fully saturated rings. The van der Waals surface area contributed by atoms with Crippen LogP contribution in [-0.4, -0.2) is 18.1 Å². The van der Waals surface area contributed by atoms with E-state index in [0.29, 0.717) is 6.54 Å². The summed E-state index contributed by atoms with van der Waals surface area (Å²) in [4.78, 5) is 6.84. The summed E-state index contributed by atoms with van der Waals surface area (Å²) in [5.74, 6) is 1.00. The highest BCUT2D eigenvalue weighted by atomic mass is 15.2. The summed E-state index contributed by atoms with van der Waals surface area (Å²) in [7, 11) is 0. The third kappa shape index (κ3) is 3.03. The Morgan fingerprint density at radius 3 is 2.48 bits per heavy atom. The smallest absolute Gasteiger partial charge is 0.136 e. The fourth-order valence-electron chi connectivity index (χ4n) is 2.58. The van der Waals surface area contributed by atoms with Gasteiger partial charge in [-0.25, -0.2) is 4.98 Å². The Kier molecular flexibility index (Phi) is 4.12. The molecule has 0 saturated carbocycles. The molecule has 0 bridgehead atoms. The van der Waals surface area contributed by atoms with Crippen LogP contribution in [0.15, 0.2) is 66.9 Å². The molecule has 0 spiro atoms. The number of pyridine rings is 1. The van der Waals surface area contributed by atoms with Gasteiger partial charge in [0.2, 0.25) is 0 Å². The van der Waals surface area contributed by atoms with E-state index in [4.69, 9.17) is 5.73 Å². The van der Waals surface area contributed by atoms with Gasteiger partial charge in [-0.2, -0.15) is 0 Å². The van der Waals surface area contributed by atoms with Gasteiger partial charge in [0.15, 0.2) is 0 Å². The van der Waals surface area contributed by atoms with Crippen LogP contribution in [0.1, 0.15) is 5.56 Å². The number of benzene rings is 2. The normalized spacial score (nSPS) is 10.7. The number of fused-ring (bicyclic) bond motifs is 1. The van der Waals surface area contributed by atoms with Crippen LogP contribution >= 0.6 is 0 Å². The van der Waals surface area contributed by atoms with E-state index in [2.05, 4.69) is 58.4 Å². The standard InChI is InChI=1S/C18H19N3/c19-11-13-21(14-15-6-2-1-3-7-15)18-17-9-5-4-8-16(17)10-12-20-18/h1-10,12H,11,13-14,19H2. The maximum atomic E-state index is 5.80. The Bertz CT molecular complexity index is 704. The van der Waals surface area contributed by atoms with Gasteiger partial charge in [-0.1, -0.05) is 54.6 Å². The van der Waals surface area contributed by atoms with E-state index >= 15 is 0 Å². The molecule has 2 N–H and O–H groups in total. The van der Waals surface area contributed by atoms with Crippen molar-refractivity contribution in [1.82, 2.24) is 4.98 Å². The molecule has 0 unspecified atom stereocenters. The fraction of sp³-hybridized carbons (Fsp3) is 0.167. The lowest BCUT2D eigenvalue weighted by atomic mass is 10.1. The van der Waals surface area contributed by atoms with E-state index in [0.717, 1.165) is 18.9 Å². The summed E-state index contributed by atoms with van der Waals surface area (Å²) in [5.41, 5.74) is 7.06. The van der Waals surface area contributed by atoms with Crippen molar-refractivity contribution >= 4 is 16.6 Å². The number of aromatic nitrogens is 1. The number of hydrogen-bond acceptors (Lipinski definition) is 3. The minimum Gasteiger partial charge on any atom is -0.351 e. The number of hydrogen-bond donors (Lipinski definition) is 1. The van der Waals surface area contributed by atoms with E-state index in [-0.39, 0.29) is 0 Å². The maximum absolute atomic E-state index is 5.80. The van der Waals surface area contributed by atoms with Gasteiger partial charge in [0.1, 0.15) is 5.82 Å².